The molecule has 2 aliphatic rings. The van der Waals surface area contributed by atoms with Crippen molar-refractivity contribution in [3.63, 3.8) is 0 Å². The molecule has 1 aromatic carbocycles. The van der Waals surface area contributed by atoms with E-state index >= 15 is 0 Å². The second kappa shape index (κ2) is 6.96. The van der Waals surface area contributed by atoms with Gasteiger partial charge < -0.3 is 9.80 Å². The molecule has 1 fully saturated rings. The van der Waals surface area contributed by atoms with Gasteiger partial charge in [-0.3, -0.25) is 9.78 Å². The molecule has 1 aromatic heterocycles. The number of pyridine rings is 1. The van der Waals surface area contributed by atoms with Gasteiger partial charge in [0.2, 0.25) is 0 Å². The van der Waals surface area contributed by atoms with E-state index in [1.807, 2.05) is 12.1 Å². The zero-order valence-electron chi connectivity index (χ0n) is 15.3. The SMILES string of the molecule is CN(C(=O)c1cc(N2CCc3ccccc3C2)ccn1)C1CCS(=O)(=O)C1. The molecule has 2 aromatic rings. The molecule has 2 aliphatic heterocycles. The predicted molar refractivity (Wildman–Crippen MR) is 105 cm³/mol. The number of nitrogens with zero attached hydrogens (tertiary/aromatic N) is 3. The number of benzene rings is 1. The molecule has 142 valence electrons. The Labute approximate surface area is 159 Å². The van der Waals surface area contributed by atoms with Crippen LogP contribution in [0.5, 0.6) is 0 Å². The first-order chi connectivity index (χ1) is 12.9. The van der Waals surface area contributed by atoms with E-state index in [-0.39, 0.29) is 23.5 Å². The Hall–Kier alpha value is -2.41. The Morgan fingerprint density at radius 1 is 1.22 bits per heavy atom. The van der Waals surface area contributed by atoms with E-state index in [2.05, 4.69) is 34.1 Å². The minimum atomic E-state index is -3.03. The van der Waals surface area contributed by atoms with Crippen molar-refractivity contribution in [3.8, 4) is 0 Å². The molecule has 4 rings (SSSR count). The first-order valence-electron chi connectivity index (χ1n) is 9.18. The Kier molecular flexibility index (Phi) is 4.63. The van der Waals surface area contributed by atoms with E-state index in [0.717, 1.165) is 25.2 Å². The van der Waals surface area contributed by atoms with Gasteiger partial charge in [0.05, 0.1) is 11.5 Å². The van der Waals surface area contributed by atoms with Gasteiger partial charge >= 0.3 is 0 Å². The summed E-state index contributed by atoms with van der Waals surface area (Å²) in [6, 6.07) is 11.9. The maximum Gasteiger partial charge on any atom is 0.272 e. The van der Waals surface area contributed by atoms with Crippen molar-refractivity contribution in [2.24, 2.45) is 0 Å². The molecule has 27 heavy (non-hydrogen) atoms. The molecule has 0 bridgehead atoms. The zero-order chi connectivity index (χ0) is 19.0. The molecule has 3 heterocycles. The maximum absolute atomic E-state index is 12.8. The molecule has 6 nitrogen and oxygen atoms in total. The van der Waals surface area contributed by atoms with Crippen molar-refractivity contribution in [2.45, 2.75) is 25.4 Å². The highest BCUT2D eigenvalue weighted by Crippen LogP contribution is 2.25. The van der Waals surface area contributed by atoms with Crippen molar-refractivity contribution in [3.05, 3.63) is 59.4 Å². The lowest BCUT2D eigenvalue weighted by molar-refractivity contribution is 0.0742. The fraction of sp³-hybridized carbons (Fsp3) is 0.400. The fourth-order valence-corrected chi connectivity index (χ4v) is 5.65. The van der Waals surface area contributed by atoms with Crippen molar-refractivity contribution >= 4 is 21.4 Å². The third kappa shape index (κ3) is 3.69. The summed E-state index contributed by atoms with van der Waals surface area (Å²) in [7, 11) is -1.37. The van der Waals surface area contributed by atoms with Gasteiger partial charge in [-0.15, -0.1) is 0 Å². The van der Waals surface area contributed by atoms with Crippen LogP contribution in [0.4, 0.5) is 5.69 Å². The van der Waals surface area contributed by atoms with E-state index in [4.69, 9.17) is 0 Å². The van der Waals surface area contributed by atoms with Gasteiger partial charge in [-0.1, -0.05) is 24.3 Å². The molecule has 0 radical (unpaired) electrons. The van der Waals surface area contributed by atoms with E-state index in [0.29, 0.717) is 12.1 Å². The van der Waals surface area contributed by atoms with Gasteiger partial charge in [0.15, 0.2) is 9.84 Å². The summed E-state index contributed by atoms with van der Waals surface area (Å²) in [6.07, 6.45) is 3.12. The largest absolute Gasteiger partial charge is 0.367 e. The third-order valence-electron chi connectivity index (χ3n) is 5.53. The average molecular weight is 385 g/mol. The average Bonchev–Trinajstić information content (AvgIpc) is 3.06. The fourth-order valence-electron chi connectivity index (χ4n) is 3.88. The first kappa shape index (κ1) is 18.0. The van der Waals surface area contributed by atoms with Crippen LogP contribution in [-0.2, 0) is 22.8 Å². The van der Waals surface area contributed by atoms with Crippen LogP contribution in [0, 0.1) is 0 Å². The summed E-state index contributed by atoms with van der Waals surface area (Å²) in [5.41, 5.74) is 4.01. The van der Waals surface area contributed by atoms with E-state index in [9.17, 15) is 13.2 Å². The van der Waals surface area contributed by atoms with Crippen molar-refractivity contribution in [1.29, 1.82) is 0 Å². The molecule has 0 aliphatic carbocycles. The van der Waals surface area contributed by atoms with Crippen molar-refractivity contribution < 1.29 is 13.2 Å². The highest BCUT2D eigenvalue weighted by molar-refractivity contribution is 7.91. The first-order valence-corrected chi connectivity index (χ1v) is 11.0. The summed E-state index contributed by atoms with van der Waals surface area (Å²) < 4.78 is 23.4. The van der Waals surface area contributed by atoms with Gasteiger partial charge in [0.1, 0.15) is 5.69 Å². The number of hydrogen-bond acceptors (Lipinski definition) is 5. The molecule has 0 spiro atoms. The summed E-state index contributed by atoms with van der Waals surface area (Å²) >= 11 is 0. The van der Waals surface area contributed by atoms with Gasteiger partial charge in [-0.25, -0.2) is 8.42 Å². The monoisotopic (exact) mass is 385 g/mol. The number of aromatic nitrogens is 1. The number of carbonyl (C=O) groups is 1. The Balaban J connectivity index is 1.52. The third-order valence-corrected chi connectivity index (χ3v) is 7.29. The quantitative estimate of drug-likeness (QED) is 0.807. The van der Waals surface area contributed by atoms with E-state index < -0.39 is 9.84 Å². The van der Waals surface area contributed by atoms with Crippen LogP contribution in [0.2, 0.25) is 0 Å². The molecule has 7 heteroatoms. The lowest BCUT2D eigenvalue weighted by Crippen LogP contribution is -2.38. The molecular weight excluding hydrogens is 362 g/mol. The van der Waals surface area contributed by atoms with Crippen molar-refractivity contribution in [1.82, 2.24) is 9.88 Å². The van der Waals surface area contributed by atoms with Gasteiger partial charge in [-0.05, 0) is 36.1 Å². The number of hydrogen-bond donors (Lipinski definition) is 0. The zero-order valence-corrected chi connectivity index (χ0v) is 16.2. The molecular formula is C20H23N3O3S. The number of anilines is 1. The lowest BCUT2D eigenvalue weighted by Gasteiger charge is -2.31. The van der Waals surface area contributed by atoms with E-state index in [1.165, 1.54) is 16.0 Å². The molecule has 1 atom stereocenters. The smallest absolute Gasteiger partial charge is 0.272 e. The lowest BCUT2D eigenvalue weighted by atomic mass is 9.99. The van der Waals surface area contributed by atoms with Crippen LogP contribution in [-0.4, -0.2) is 55.3 Å². The standard InChI is InChI=1S/C20H23N3O3S/c1-22(18-8-11-27(25,26)14-18)20(24)19-12-17(6-9-21-19)23-10-7-15-4-2-3-5-16(15)13-23/h2-6,9,12,18H,7-8,10-11,13-14H2,1H3. The molecule has 0 saturated carbocycles. The normalized spacial score (nSPS) is 20.9. The van der Waals surface area contributed by atoms with Crippen LogP contribution < -0.4 is 4.90 Å². The second-order valence-electron chi connectivity index (χ2n) is 7.31. The van der Waals surface area contributed by atoms with Crippen LogP contribution in [0.25, 0.3) is 0 Å². The molecule has 0 N–H and O–H groups in total. The van der Waals surface area contributed by atoms with Crippen LogP contribution >= 0.6 is 0 Å². The Bertz CT molecular complexity index is 974. The highest BCUT2D eigenvalue weighted by Gasteiger charge is 2.33. The summed E-state index contributed by atoms with van der Waals surface area (Å²) in [5.74, 6) is -0.0373. The summed E-state index contributed by atoms with van der Waals surface area (Å²) in [6.45, 7) is 1.70. The van der Waals surface area contributed by atoms with Gasteiger partial charge in [-0.2, -0.15) is 0 Å². The highest BCUT2D eigenvalue weighted by atomic mass is 32.2. The second-order valence-corrected chi connectivity index (χ2v) is 9.54. The molecule has 1 unspecified atom stereocenters. The molecule has 1 amide bonds. The molecule has 1 saturated heterocycles. The minimum absolute atomic E-state index is 0.0395. The number of amides is 1. The summed E-state index contributed by atoms with van der Waals surface area (Å²) in [5, 5.41) is 0. The number of fused-ring (bicyclic) bond motifs is 1. The number of rotatable bonds is 3. The Morgan fingerprint density at radius 3 is 2.74 bits per heavy atom. The van der Waals surface area contributed by atoms with Crippen molar-refractivity contribution in [2.75, 3.05) is 30.0 Å². The van der Waals surface area contributed by atoms with Gasteiger partial charge in [0, 0.05) is 38.1 Å². The topological polar surface area (TPSA) is 70.6 Å². The van der Waals surface area contributed by atoms with Crippen LogP contribution in [0.3, 0.4) is 0 Å². The van der Waals surface area contributed by atoms with Gasteiger partial charge in [0.25, 0.3) is 5.91 Å². The van der Waals surface area contributed by atoms with Crippen LogP contribution in [0.1, 0.15) is 28.0 Å². The van der Waals surface area contributed by atoms with E-state index in [1.54, 1.807) is 13.2 Å². The number of carbonyl (C=O) groups excluding carboxylic acids is 1. The minimum Gasteiger partial charge on any atom is -0.367 e. The maximum atomic E-state index is 12.8. The number of sulfone groups is 1. The Morgan fingerprint density at radius 2 is 2.00 bits per heavy atom. The summed E-state index contributed by atoms with van der Waals surface area (Å²) in [4.78, 5) is 20.8. The predicted octanol–water partition coefficient (Wildman–Crippen LogP) is 1.90. The van der Waals surface area contributed by atoms with Crippen LogP contribution in [0.15, 0.2) is 42.6 Å².